The first-order valence-corrected chi connectivity index (χ1v) is 11.1. The minimum Gasteiger partial charge on any atom is -0.338 e. The van der Waals surface area contributed by atoms with E-state index in [1.165, 1.54) is 9.80 Å². The summed E-state index contributed by atoms with van der Waals surface area (Å²) >= 11 is 0. The van der Waals surface area contributed by atoms with Crippen molar-refractivity contribution in [1.29, 1.82) is 0 Å². The van der Waals surface area contributed by atoms with E-state index in [4.69, 9.17) is 0 Å². The average Bonchev–Trinajstić information content (AvgIpc) is 2.93. The predicted octanol–water partition coefficient (Wildman–Crippen LogP) is -0.589. The molecule has 4 amide bonds. The Kier molecular flexibility index (Phi) is 7.34. The van der Waals surface area contributed by atoms with Gasteiger partial charge in [-0.05, 0) is 6.42 Å². The van der Waals surface area contributed by atoms with Gasteiger partial charge in [-0.1, -0.05) is 19.8 Å². The molecule has 2 aliphatic rings. The quantitative estimate of drug-likeness (QED) is 0.397. The molecule has 2 fully saturated rings. The Morgan fingerprint density at radius 2 is 1.41 bits per heavy atom. The number of unbranched alkanes of at least 4 members (excludes halogenated alkanes) is 2. The van der Waals surface area contributed by atoms with Gasteiger partial charge in [0.05, 0.1) is 5.75 Å². The lowest BCUT2D eigenvalue weighted by molar-refractivity contribution is -0.146. The van der Waals surface area contributed by atoms with Crippen LogP contribution in [0.15, 0.2) is 0 Å². The number of hydrogen-bond acceptors (Lipinski definition) is 6. The second-order valence-electron chi connectivity index (χ2n) is 6.93. The summed E-state index contributed by atoms with van der Waals surface area (Å²) in [6.45, 7) is 2.73. The largest absolute Gasteiger partial charge is 0.338 e. The zero-order chi connectivity index (χ0) is 20.0. The fraction of sp³-hybridized carbons (Fsp3) is 0.765. The molecule has 152 valence electrons. The van der Waals surface area contributed by atoms with Crippen LogP contribution in [-0.4, -0.2) is 91.0 Å². The van der Waals surface area contributed by atoms with Crippen LogP contribution < -0.4 is 0 Å². The Morgan fingerprint density at radius 1 is 0.889 bits per heavy atom. The van der Waals surface area contributed by atoms with Gasteiger partial charge in [0, 0.05) is 39.0 Å². The molecule has 0 spiro atoms. The minimum absolute atomic E-state index is 0.0168. The highest BCUT2D eigenvalue weighted by Crippen LogP contribution is 2.13. The van der Waals surface area contributed by atoms with E-state index in [0.29, 0.717) is 6.42 Å². The van der Waals surface area contributed by atoms with E-state index in [2.05, 4.69) is 0 Å². The van der Waals surface area contributed by atoms with E-state index in [1.807, 2.05) is 6.92 Å². The van der Waals surface area contributed by atoms with Crippen molar-refractivity contribution in [3.05, 3.63) is 0 Å². The van der Waals surface area contributed by atoms with Gasteiger partial charge in [0.2, 0.25) is 23.6 Å². The maximum absolute atomic E-state index is 12.3. The van der Waals surface area contributed by atoms with Crippen LogP contribution in [0.2, 0.25) is 0 Å². The van der Waals surface area contributed by atoms with E-state index in [9.17, 15) is 27.6 Å². The number of imide groups is 1. The molecule has 2 aliphatic heterocycles. The molecule has 0 N–H and O–H groups in total. The monoisotopic (exact) mass is 401 g/mol. The van der Waals surface area contributed by atoms with Crippen molar-refractivity contribution in [2.45, 2.75) is 39.0 Å². The van der Waals surface area contributed by atoms with Gasteiger partial charge in [-0.3, -0.25) is 24.1 Å². The van der Waals surface area contributed by atoms with E-state index in [-0.39, 0.29) is 69.0 Å². The zero-order valence-electron chi connectivity index (χ0n) is 15.7. The molecular weight excluding hydrogens is 374 g/mol. The second-order valence-corrected chi connectivity index (χ2v) is 9.12. The van der Waals surface area contributed by atoms with Crippen molar-refractivity contribution in [2.24, 2.45) is 0 Å². The number of sulfone groups is 1. The normalized spacial score (nSPS) is 18.3. The number of hydrogen-bond donors (Lipinski definition) is 0. The molecule has 0 atom stereocenters. The number of carbonyl (C=O) groups is 4. The third-order valence-corrected chi connectivity index (χ3v) is 6.43. The Morgan fingerprint density at radius 3 is 1.93 bits per heavy atom. The number of carbonyl (C=O) groups excluding carboxylic acids is 4. The second kappa shape index (κ2) is 9.29. The standard InChI is InChI=1S/C17H27N3O6S/c1-2-3-4-11-27(25,26)13-17(24)19-9-7-18(8-10-19)16(23)12-20-14(21)5-6-15(20)22/h2-13H2,1H3. The smallest absolute Gasteiger partial charge is 0.242 e. The summed E-state index contributed by atoms with van der Waals surface area (Å²) < 4.78 is 24.0. The molecule has 0 unspecified atom stereocenters. The van der Waals surface area contributed by atoms with Crippen LogP contribution in [0.5, 0.6) is 0 Å². The van der Waals surface area contributed by atoms with Gasteiger partial charge in [0.25, 0.3) is 0 Å². The van der Waals surface area contributed by atoms with Gasteiger partial charge in [-0.25, -0.2) is 8.42 Å². The zero-order valence-corrected chi connectivity index (χ0v) is 16.5. The summed E-state index contributed by atoms with van der Waals surface area (Å²) in [6.07, 6.45) is 2.56. The summed E-state index contributed by atoms with van der Waals surface area (Å²) in [4.78, 5) is 51.6. The number of amides is 4. The molecule has 0 bridgehead atoms. The van der Waals surface area contributed by atoms with Crippen LogP contribution in [-0.2, 0) is 29.0 Å². The SMILES string of the molecule is CCCCCS(=O)(=O)CC(=O)N1CCN(C(=O)CN2C(=O)CCC2=O)CC1. The topological polar surface area (TPSA) is 112 Å². The number of rotatable bonds is 8. The highest BCUT2D eigenvalue weighted by atomic mass is 32.2. The van der Waals surface area contributed by atoms with Crippen LogP contribution in [0.3, 0.4) is 0 Å². The summed E-state index contributed by atoms with van der Waals surface area (Å²) in [5.41, 5.74) is 0. The Hall–Kier alpha value is -1.97. The highest BCUT2D eigenvalue weighted by molar-refractivity contribution is 7.92. The summed E-state index contributed by atoms with van der Waals surface area (Å²) in [5, 5.41) is 0. The number of likely N-dealkylation sites (tertiary alicyclic amines) is 1. The van der Waals surface area contributed by atoms with Crippen molar-refractivity contribution < 1.29 is 27.6 Å². The molecule has 0 radical (unpaired) electrons. The first kappa shape index (κ1) is 21.3. The highest BCUT2D eigenvalue weighted by Gasteiger charge is 2.33. The van der Waals surface area contributed by atoms with Crippen molar-refractivity contribution in [3.63, 3.8) is 0 Å². The van der Waals surface area contributed by atoms with Crippen LogP contribution in [0.25, 0.3) is 0 Å². The molecule has 0 aliphatic carbocycles. The number of nitrogens with zero attached hydrogens (tertiary/aromatic N) is 3. The van der Waals surface area contributed by atoms with Gasteiger partial charge in [-0.2, -0.15) is 0 Å². The molecule has 0 saturated carbocycles. The van der Waals surface area contributed by atoms with Crippen LogP contribution in [0, 0.1) is 0 Å². The molecule has 2 heterocycles. The van der Waals surface area contributed by atoms with Crippen LogP contribution in [0.1, 0.15) is 39.0 Å². The lowest BCUT2D eigenvalue weighted by atomic mass is 10.3. The van der Waals surface area contributed by atoms with Crippen LogP contribution >= 0.6 is 0 Å². The molecule has 27 heavy (non-hydrogen) atoms. The maximum atomic E-state index is 12.3. The van der Waals surface area contributed by atoms with Gasteiger partial charge >= 0.3 is 0 Å². The fourth-order valence-corrected chi connectivity index (χ4v) is 4.51. The lowest BCUT2D eigenvalue weighted by Gasteiger charge is -2.35. The molecule has 0 aromatic heterocycles. The molecule has 0 aromatic rings. The Bertz CT molecular complexity index is 681. The van der Waals surface area contributed by atoms with Gasteiger partial charge in [0.15, 0.2) is 9.84 Å². The Labute approximate surface area is 159 Å². The van der Waals surface area contributed by atoms with E-state index in [1.54, 1.807) is 0 Å². The van der Waals surface area contributed by atoms with Crippen molar-refractivity contribution >= 4 is 33.5 Å². The van der Waals surface area contributed by atoms with E-state index in [0.717, 1.165) is 17.7 Å². The predicted molar refractivity (Wildman–Crippen MR) is 97.3 cm³/mol. The third kappa shape index (κ3) is 6.02. The summed E-state index contributed by atoms with van der Waals surface area (Å²) in [7, 11) is -3.41. The van der Waals surface area contributed by atoms with Gasteiger partial charge < -0.3 is 9.80 Å². The molecule has 0 aromatic carbocycles. The maximum Gasteiger partial charge on any atom is 0.242 e. The molecular formula is C17H27N3O6S. The molecule has 10 heteroatoms. The summed E-state index contributed by atoms with van der Waals surface area (Å²) in [6, 6.07) is 0. The van der Waals surface area contributed by atoms with Crippen molar-refractivity contribution in [2.75, 3.05) is 44.2 Å². The molecule has 2 rings (SSSR count). The van der Waals surface area contributed by atoms with Gasteiger partial charge in [-0.15, -0.1) is 0 Å². The van der Waals surface area contributed by atoms with Gasteiger partial charge in [0.1, 0.15) is 12.3 Å². The first-order valence-electron chi connectivity index (χ1n) is 9.32. The minimum atomic E-state index is -3.41. The average molecular weight is 401 g/mol. The fourth-order valence-electron chi connectivity index (χ4n) is 3.16. The first-order chi connectivity index (χ1) is 12.7. The molecule has 9 nitrogen and oxygen atoms in total. The summed E-state index contributed by atoms with van der Waals surface area (Å²) in [5.74, 6) is -1.93. The van der Waals surface area contributed by atoms with E-state index >= 15 is 0 Å². The third-order valence-electron chi connectivity index (χ3n) is 4.84. The van der Waals surface area contributed by atoms with Crippen LogP contribution in [0.4, 0.5) is 0 Å². The lowest BCUT2D eigenvalue weighted by Crippen LogP contribution is -2.53. The Balaban J connectivity index is 1.78. The van der Waals surface area contributed by atoms with Crippen molar-refractivity contribution in [3.8, 4) is 0 Å². The number of piperazine rings is 1. The van der Waals surface area contributed by atoms with Crippen molar-refractivity contribution in [1.82, 2.24) is 14.7 Å². The molecule has 2 saturated heterocycles. The van der Waals surface area contributed by atoms with E-state index < -0.39 is 21.5 Å².